The molecule has 3 N–H and O–H groups in total. The molecule has 0 bridgehead atoms. The van der Waals surface area contributed by atoms with Crippen LogP contribution in [0.1, 0.15) is 43.5 Å². The molecule has 2 rings (SSSR count). The summed E-state index contributed by atoms with van der Waals surface area (Å²) in [7, 11) is -3.62. The molecule has 1 aliphatic rings. The van der Waals surface area contributed by atoms with Gasteiger partial charge in [-0.05, 0) is 49.4 Å². The number of nitrogens with one attached hydrogen (secondary N) is 2. The second-order valence-corrected chi connectivity index (χ2v) is 8.23. The number of carbonyl (C=O) groups is 2. The summed E-state index contributed by atoms with van der Waals surface area (Å²) in [6, 6.07) is 5.44. The van der Waals surface area contributed by atoms with Gasteiger partial charge in [0.15, 0.2) is 0 Å². The first kappa shape index (κ1) is 18.4. The highest BCUT2D eigenvalue weighted by Crippen LogP contribution is 2.32. The lowest BCUT2D eigenvalue weighted by Gasteiger charge is -2.38. The Labute approximate surface area is 141 Å². The smallest absolute Gasteiger partial charge is 0.329 e. The van der Waals surface area contributed by atoms with Crippen LogP contribution in [0.4, 0.5) is 0 Å². The van der Waals surface area contributed by atoms with Crippen LogP contribution in [0.15, 0.2) is 29.2 Å². The molecule has 1 saturated carbocycles. The molecule has 7 nitrogen and oxygen atoms in total. The van der Waals surface area contributed by atoms with Gasteiger partial charge in [0.2, 0.25) is 10.0 Å². The number of hydrogen-bond donors (Lipinski definition) is 3. The van der Waals surface area contributed by atoms with E-state index in [2.05, 4.69) is 10.0 Å². The van der Waals surface area contributed by atoms with Crippen molar-refractivity contribution in [2.45, 2.75) is 43.5 Å². The first-order valence-electron chi connectivity index (χ1n) is 7.82. The van der Waals surface area contributed by atoms with E-state index in [0.29, 0.717) is 19.4 Å². The van der Waals surface area contributed by atoms with Crippen molar-refractivity contribution in [3.05, 3.63) is 29.8 Å². The molecule has 0 aliphatic heterocycles. The Bertz CT molecular complexity index is 721. The number of benzene rings is 1. The molecule has 0 heterocycles. The van der Waals surface area contributed by atoms with Gasteiger partial charge in [-0.2, -0.15) is 0 Å². The zero-order valence-electron chi connectivity index (χ0n) is 13.7. The van der Waals surface area contributed by atoms with E-state index in [1.807, 2.05) is 13.8 Å². The van der Waals surface area contributed by atoms with E-state index in [0.717, 1.165) is 6.42 Å². The Morgan fingerprint density at radius 2 is 1.79 bits per heavy atom. The molecular weight excluding hydrogens is 332 g/mol. The van der Waals surface area contributed by atoms with Crippen LogP contribution in [0.3, 0.4) is 0 Å². The van der Waals surface area contributed by atoms with Crippen molar-refractivity contribution in [3.8, 4) is 0 Å². The van der Waals surface area contributed by atoms with E-state index >= 15 is 0 Å². The van der Waals surface area contributed by atoms with Crippen LogP contribution in [0.2, 0.25) is 0 Å². The monoisotopic (exact) mass is 354 g/mol. The first-order valence-corrected chi connectivity index (χ1v) is 9.30. The SMILES string of the molecule is CC(C)CNS(=O)(=O)c1ccc(C(=O)NC2(C(=O)O)CCC2)cc1. The van der Waals surface area contributed by atoms with Gasteiger partial charge in [-0.3, -0.25) is 4.79 Å². The van der Waals surface area contributed by atoms with Crippen LogP contribution in [-0.4, -0.2) is 37.5 Å². The third-order valence-corrected chi connectivity index (χ3v) is 5.52. The average molecular weight is 354 g/mol. The van der Waals surface area contributed by atoms with Crippen molar-refractivity contribution in [1.82, 2.24) is 10.0 Å². The van der Waals surface area contributed by atoms with Gasteiger partial charge >= 0.3 is 5.97 Å². The molecular formula is C16H22N2O5S. The molecule has 0 radical (unpaired) electrons. The molecule has 8 heteroatoms. The molecule has 1 aromatic rings. The van der Waals surface area contributed by atoms with Crippen molar-refractivity contribution >= 4 is 21.9 Å². The number of hydrogen-bond acceptors (Lipinski definition) is 4. The van der Waals surface area contributed by atoms with E-state index in [4.69, 9.17) is 0 Å². The summed E-state index contributed by atoms with van der Waals surface area (Å²) in [6.45, 7) is 4.12. The number of amides is 1. The van der Waals surface area contributed by atoms with Gasteiger partial charge in [0.1, 0.15) is 5.54 Å². The Morgan fingerprint density at radius 3 is 2.21 bits per heavy atom. The van der Waals surface area contributed by atoms with Crippen LogP contribution in [0.5, 0.6) is 0 Å². The molecule has 1 aromatic carbocycles. The maximum absolute atomic E-state index is 12.2. The predicted molar refractivity (Wildman–Crippen MR) is 88.2 cm³/mol. The highest BCUT2D eigenvalue weighted by molar-refractivity contribution is 7.89. The summed E-state index contributed by atoms with van der Waals surface area (Å²) in [5.41, 5.74) is -0.967. The van der Waals surface area contributed by atoms with Crippen LogP contribution in [0.25, 0.3) is 0 Å². The molecule has 0 unspecified atom stereocenters. The summed E-state index contributed by atoms with van der Waals surface area (Å²) in [5.74, 6) is -1.38. The van der Waals surface area contributed by atoms with Crippen LogP contribution in [0, 0.1) is 5.92 Å². The third kappa shape index (κ3) is 3.93. The third-order valence-electron chi connectivity index (χ3n) is 4.08. The lowest BCUT2D eigenvalue weighted by molar-refractivity contribution is -0.148. The summed E-state index contributed by atoms with van der Waals surface area (Å²) in [5, 5.41) is 11.8. The van der Waals surface area contributed by atoms with Gasteiger partial charge in [-0.1, -0.05) is 13.8 Å². The largest absolute Gasteiger partial charge is 0.480 e. The highest BCUT2D eigenvalue weighted by Gasteiger charge is 2.45. The molecule has 1 amide bonds. The second kappa shape index (κ2) is 6.90. The van der Waals surface area contributed by atoms with Gasteiger partial charge in [0.25, 0.3) is 5.91 Å². The maximum Gasteiger partial charge on any atom is 0.329 e. The zero-order chi connectivity index (χ0) is 18.0. The van der Waals surface area contributed by atoms with E-state index in [9.17, 15) is 23.1 Å². The fraction of sp³-hybridized carbons (Fsp3) is 0.500. The van der Waals surface area contributed by atoms with Crippen molar-refractivity contribution in [2.24, 2.45) is 5.92 Å². The topological polar surface area (TPSA) is 113 Å². The Kier molecular flexibility index (Phi) is 5.29. The van der Waals surface area contributed by atoms with E-state index in [1.165, 1.54) is 24.3 Å². The van der Waals surface area contributed by atoms with E-state index in [-0.39, 0.29) is 16.4 Å². The number of sulfonamides is 1. The molecule has 1 fully saturated rings. The quantitative estimate of drug-likeness (QED) is 0.684. The Hall–Kier alpha value is -1.93. The average Bonchev–Trinajstić information content (AvgIpc) is 2.48. The van der Waals surface area contributed by atoms with Crippen LogP contribution >= 0.6 is 0 Å². The lowest BCUT2D eigenvalue weighted by Crippen LogP contribution is -2.59. The fourth-order valence-corrected chi connectivity index (χ4v) is 3.57. The minimum Gasteiger partial charge on any atom is -0.480 e. The molecule has 24 heavy (non-hydrogen) atoms. The van der Waals surface area contributed by atoms with Gasteiger partial charge < -0.3 is 10.4 Å². The van der Waals surface area contributed by atoms with Gasteiger partial charge in [0, 0.05) is 12.1 Å². The summed E-state index contributed by atoms with van der Waals surface area (Å²) in [6.07, 6.45) is 1.56. The molecule has 0 aromatic heterocycles. The first-order chi connectivity index (χ1) is 11.2. The van der Waals surface area contributed by atoms with Crippen molar-refractivity contribution in [3.63, 3.8) is 0 Å². The summed E-state index contributed by atoms with van der Waals surface area (Å²) < 4.78 is 26.7. The standard InChI is InChI=1S/C16H22N2O5S/c1-11(2)10-17-24(22,23)13-6-4-12(5-7-13)14(19)18-16(15(20)21)8-3-9-16/h4-7,11,17H,3,8-10H2,1-2H3,(H,18,19)(H,20,21). The molecule has 0 atom stereocenters. The number of carboxylic acids is 1. The molecule has 0 spiro atoms. The van der Waals surface area contributed by atoms with Crippen molar-refractivity contribution in [1.29, 1.82) is 0 Å². The number of aliphatic carboxylic acids is 1. The number of carbonyl (C=O) groups excluding carboxylic acids is 1. The summed E-state index contributed by atoms with van der Waals surface area (Å²) >= 11 is 0. The number of carboxylic acid groups (broad SMARTS) is 1. The van der Waals surface area contributed by atoms with Gasteiger partial charge in [-0.15, -0.1) is 0 Å². The molecule has 132 valence electrons. The maximum atomic E-state index is 12.2. The highest BCUT2D eigenvalue weighted by atomic mass is 32.2. The second-order valence-electron chi connectivity index (χ2n) is 6.47. The molecule has 1 aliphatic carbocycles. The van der Waals surface area contributed by atoms with Gasteiger partial charge in [-0.25, -0.2) is 17.9 Å². The van der Waals surface area contributed by atoms with E-state index < -0.39 is 27.4 Å². The molecule has 0 saturated heterocycles. The van der Waals surface area contributed by atoms with Crippen molar-refractivity contribution < 1.29 is 23.1 Å². The van der Waals surface area contributed by atoms with Crippen LogP contribution < -0.4 is 10.0 Å². The Morgan fingerprint density at radius 1 is 1.21 bits per heavy atom. The Balaban J connectivity index is 2.09. The predicted octanol–water partition coefficient (Wildman–Crippen LogP) is 1.36. The van der Waals surface area contributed by atoms with Gasteiger partial charge in [0.05, 0.1) is 4.90 Å². The van der Waals surface area contributed by atoms with Crippen LogP contribution in [-0.2, 0) is 14.8 Å². The minimum absolute atomic E-state index is 0.0660. The lowest BCUT2D eigenvalue weighted by atomic mass is 9.76. The normalized spacial score (nSPS) is 16.5. The fourth-order valence-electron chi connectivity index (χ4n) is 2.36. The minimum atomic E-state index is -3.62. The van der Waals surface area contributed by atoms with Crippen molar-refractivity contribution in [2.75, 3.05) is 6.54 Å². The summed E-state index contributed by atoms with van der Waals surface area (Å²) in [4.78, 5) is 23.5. The van der Waals surface area contributed by atoms with E-state index in [1.54, 1.807) is 0 Å². The zero-order valence-corrected chi connectivity index (χ0v) is 14.5. The number of rotatable bonds is 7.